The summed E-state index contributed by atoms with van der Waals surface area (Å²) in [6.45, 7) is 1.80. The van der Waals surface area contributed by atoms with Gasteiger partial charge in [0, 0.05) is 26.3 Å². The van der Waals surface area contributed by atoms with Gasteiger partial charge in [0.05, 0.1) is 18.1 Å². The van der Waals surface area contributed by atoms with Gasteiger partial charge < -0.3 is 18.8 Å². The minimum atomic E-state index is -0.414. The van der Waals surface area contributed by atoms with Crippen LogP contribution in [0, 0.1) is 0 Å². The van der Waals surface area contributed by atoms with Crippen LogP contribution < -0.4 is 0 Å². The topological polar surface area (TPSA) is 56.5 Å². The van der Waals surface area contributed by atoms with E-state index in [0.29, 0.717) is 5.69 Å². The molecule has 0 radical (unpaired) electrons. The van der Waals surface area contributed by atoms with Crippen LogP contribution in [0.5, 0.6) is 0 Å². The van der Waals surface area contributed by atoms with Crippen molar-refractivity contribution in [3.05, 3.63) is 24.0 Å². The van der Waals surface area contributed by atoms with Gasteiger partial charge in [0.1, 0.15) is 12.2 Å². The van der Waals surface area contributed by atoms with E-state index in [1.165, 1.54) is 13.5 Å². The third-order valence-corrected chi connectivity index (χ3v) is 4.35. The Morgan fingerprint density at radius 1 is 1.18 bits per heavy atom. The molecule has 3 heterocycles. The number of aryl methyl sites for hydroxylation is 1. The fraction of sp³-hybridized carbons (Fsp3) is 0.500. The number of ether oxygens (including phenoxy) is 1. The van der Waals surface area contributed by atoms with Crippen molar-refractivity contribution in [1.82, 2.24) is 14.0 Å². The lowest BCUT2D eigenvalue weighted by molar-refractivity contribution is -0.132. The first kappa shape index (κ1) is 14.7. The molecule has 0 aromatic carbocycles. The van der Waals surface area contributed by atoms with Crippen molar-refractivity contribution in [2.75, 3.05) is 20.2 Å². The summed E-state index contributed by atoms with van der Waals surface area (Å²) in [5, 5.41) is 0. The SMILES string of the molecule is COC(=O)c1cc2c(ccn2C)n1CC(=O)N1CCCCC1. The van der Waals surface area contributed by atoms with Crippen molar-refractivity contribution in [2.24, 2.45) is 7.05 Å². The van der Waals surface area contributed by atoms with Crippen molar-refractivity contribution in [3.63, 3.8) is 0 Å². The predicted molar refractivity (Wildman–Crippen MR) is 82.7 cm³/mol. The van der Waals surface area contributed by atoms with Gasteiger partial charge in [-0.15, -0.1) is 0 Å². The Morgan fingerprint density at radius 2 is 1.91 bits per heavy atom. The summed E-state index contributed by atoms with van der Waals surface area (Å²) in [6.07, 6.45) is 5.22. The standard InChI is InChI=1S/C16H21N3O3/c1-17-9-6-12-13(17)10-14(16(21)22-2)19(12)11-15(20)18-7-4-3-5-8-18/h6,9-10H,3-5,7-8,11H2,1-2H3. The number of carbonyl (C=O) groups is 2. The van der Waals surface area contributed by atoms with Crippen molar-refractivity contribution in [1.29, 1.82) is 0 Å². The number of likely N-dealkylation sites (tertiary alicyclic amines) is 1. The second kappa shape index (κ2) is 5.87. The van der Waals surface area contributed by atoms with E-state index < -0.39 is 5.97 Å². The summed E-state index contributed by atoms with van der Waals surface area (Å²) in [7, 11) is 3.27. The van der Waals surface area contributed by atoms with Crippen LogP contribution in [0.25, 0.3) is 11.0 Å². The van der Waals surface area contributed by atoms with Crippen molar-refractivity contribution < 1.29 is 14.3 Å². The van der Waals surface area contributed by atoms with Crippen LogP contribution in [0.4, 0.5) is 0 Å². The molecule has 2 aromatic rings. The Morgan fingerprint density at radius 3 is 2.59 bits per heavy atom. The van der Waals surface area contributed by atoms with E-state index >= 15 is 0 Å². The number of methoxy groups -OCH3 is 1. The van der Waals surface area contributed by atoms with Gasteiger partial charge in [-0.1, -0.05) is 0 Å². The number of esters is 1. The van der Waals surface area contributed by atoms with Crippen LogP contribution in [-0.2, 0) is 23.1 Å². The van der Waals surface area contributed by atoms with Gasteiger partial charge in [-0.3, -0.25) is 4.79 Å². The minimum absolute atomic E-state index is 0.0613. The summed E-state index contributed by atoms with van der Waals surface area (Å²) in [5.74, 6) is -0.353. The minimum Gasteiger partial charge on any atom is -0.464 e. The van der Waals surface area contributed by atoms with E-state index in [0.717, 1.165) is 37.0 Å². The van der Waals surface area contributed by atoms with Gasteiger partial charge >= 0.3 is 5.97 Å². The molecule has 0 atom stereocenters. The van der Waals surface area contributed by atoms with Gasteiger partial charge in [0.15, 0.2) is 0 Å². The Bertz CT molecular complexity index is 708. The van der Waals surface area contributed by atoms with Crippen molar-refractivity contribution >= 4 is 22.9 Å². The number of rotatable bonds is 3. The normalized spacial score (nSPS) is 15.3. The van der Waals surface area contributed by atoms with E-state index in [9.17, 15) is 9.59 Å². The molecule has 0 unspecified atom stereocenters. The van der Waals surface area contributed by atoms with Crippen molar-refractivity contribution in [2.45, 2.75) is 25.8 Å². The number of amides is 1. The third kappa shape index (κ3) is 2.49. The molecule has 1 saturated heterocycles. The van der Waals surface area contributed by atoms with Crippen LogP contribution >= 0.6 is 0 Å². The van der Waals surface area contributed by atoms with E-state index in [2.05, 4.69) is 0 Å². The molecular weight excluding hydrogens is 282 g/mol. The fourth-order valence-electron chi connectivity index (χ4n) is 3.09. The van der Waals surface area contributed by atoms with E-state index in [1.54, 1.807) is 10.6 Å². The highest BCUT2D eigenvalue weighted by atomic mass is 16.5. The molecule has 0 spiro atoms. The quantitative estimate of drug-likeness (QED) is 0.812. The number of hydrogen-bond acceptors (Lipinski definition) is 3. The first-order chi connectivity index (χ1) is 10.6. The molecule has 6 heteroatoms. The highest BCUT2D eigenvalue weighted by Gasteiger charge is 2.22. The number of carbonyl (C=O) groups excluding carboxylic acids is 2. The Hall–Kier alpha value is -2.24. The highest BCUT2D eigenvalue weighted by molar-refractivity contribution is 5.95. The second-order valence-electron chi connectivity index (χ2n) is 5.75. The molecule has 1 amide bonds. The van der Waals surface area contributed by atoms with Gasteiger partial charge in [-0.25, -0.2) is 4.79 Å². The average molecular weight is 303 g/mol. The number of nitrogens with zero attached hydrogens (tertiary/aromatic N) is 3. The Kier molecular flexibility index (Phi) is 3.92. The van der Waals surface area contributed by atoms with E-state index in [-0.39, 0.29) is 12.5 Å². The summed E-state index contributed by atoms with van der Waals surface area (Å²) < 4.78 is 8.55. The Labute approximate surface area is 129 Å². The van der Waals surface area contributed by atoms with Gasteiger partial charge in [-0.2, -0.15) is 0 Å². The summed E-state index contributed by atoms with van der Waals surface area (Å²) >= 11 is 0. The number of piperidine rings is 1. The highest BCUT2D eigenvalue weighted by Crippen LogP contribution is 2.22. The summed E-state index contributed by atoms with van der Waals surface area (Å²) in [5.41, 5.74) is 2.23. The number of hydrogen-bond donors (Lipinski definition) is 0. The second-order valence-corrected chi connectivity index (χ2v) is 5.75. The zero-order valence-corrected chi connectivity index (χ0v) is 13.0. The molecule has 6 nitrogen and oxygen atoms in total. The zero-order chi connectivity index (χ0) is 15.7. The molecule has 0 aliphatic carbocycles. The van der Waals surface area contributed by atoms with Gasteiger partial charge in [0.25, 0.3) is 0 Å². The fourth-order valence-corrected chi connectivity index (χ4v) is 3.09. The molecule has 118 valence electrons. The van der Waals surface area contributed by atoms with Gasteiger partial charge in [0.2, 0.25) is 5.91 Å². The maximum atomic E-state index is 12.5. The molecule has 1 aliphatic heterocycles. The third-order valence-electron chi connectivity index (χ3n) is 4.35. The molecule has 0 bridgehead atoms. The first-order valence-corrected chi connectivity index (χ1v) is 7.62. The van der Waals surface area contributed by atoms with E-state index in [4.69, 9.17) is 4.74 Å². The average Bonchev–Trinajstić information content (AvgIpc) is 3.08. The Balaban J connectivity index is 1.93. The maximum Gasteiger partial charge on any atom is 0.354 e. The molecular formula is C16H21N3O3. The summed E-state index contributed by atoms with van der Waals surface area (Å²) in [6, 6.07) is 3.70. The predicted octanol–water partition coefficient (Wildman–Crippen LogP) is 1.78. The molecule has 0 N–H and O–H groups in total. The van der Waals surface area contributed by atoms with Crippen LogP contribution in [-0.4, -0.2) is 46.1 Å². The number of fused-ring (bicyclic) bond motifs is 1. The molecule has 3 rings (SSSR count). The number of aromatic nitrogens is 2. The maximum absolute atomic E-state index is 12.5. The smallest absolute Gasteiger partial charge is 0.354 e. The monoisotopic (exact) mass is 303 g/mol. The molecule has 1 fully saturated rings. The van der Waals surface area contributed by atoms with Gasteiger partial charge in [-0.05, 0) is 31.4 Å². The van der Waals surface area contributed by atoms with Crippen molar-refractivity contribution in [3.8, 4) is 0 Å². The van der Waals surface area contributed by atoms with E-state index in [1.807, 2.05) is 28.8 Å². The first-order valence-electron chi connectivity index (χ1n) is 7.62. The lowest BCUT2D eigenvalue weighted by Gasteiger charge is -2.27. The molecule has 0 saturated carbocycles. The molecule has 22 heavy (non-hydrogen) atoms. The lowest BCUT2D eigenvalue weighted by Crippen LogP contribution is -2.38. The van der Waals surface area contributed by atoms with Crippen LogP contribution in [0.15, 0.2) is 18.3 Å². The summed E-state index contributed by atoms with van der Waals surface area (Å²) in [4.78, 5) is 26.4. The van der Waals surface area contributed by atoms with Crippen LogP contribution in [0.1, 0.15) is 29.8 Å². The lowest BCUT2D eigenvalue weighted by atomic mass is 10.1. The largest absolute Gasteiger partial charge is 0.464 e. The zero-order valence-electron chi connectivity index (χ0n) is 13.0. The van der Waals surface area contributed by atoms with Crippen LogP contribution in [0.2, 0.25) is 0 Å². The molecule has 1 aliphatic rings. The van der Waals surface area contributed by atoms with Crippen LogP contribution in [0.3, 0.4) is 0 Å². The molecule has 2 aromatic heterocycles.